The molecule has 1 aromatic rings. The Kier molecular flexibility index (Phi) is 3.00. The van der Waals surface area contributed by atoms with Crippen molar-refractivity contribution in [3.63, 3.8) is 0 Å². The Morgan fingerprint density at radius 2 is 2.37 bits per heavy atom. The number of allylic oxidation sites excluding steroid dienone is 1. The predicted molar refractivity (Wildman–Crippen MR) is 80.7 cm³/mol. The molecule has 1 heterocycles. The van der Waals surface area contributed by atoms with Gasteiger partial charge in [0, 0.05) is 17.2 Å². The fourth-order valence-electron chi connectivity index (χ4n) is 3.70. The van der Waals surface area contributed by atoms with Gasteiger partial charge in [-0.2, -0.15) is 5.10 Å². The van der Waals surface area contributed by atoms with E-state index in [0.717, 1.165) is 25.0 Å². The molecule has 3 nitrogen and oxygen atoms in total. The van der Waals surface area contributed by atoms with Crippen molar-refractivity contribution in [2.75, 3.05) is 0 Å². The highest BCUT2D eigenvalue weighted by molar-refractivity contribution is 6.33. The molecule has 1 fully saturated rings. The molecule has 3 unspecified atom stereocenters. The van der Waals surface area contributed by atoms with Crippen LogP contribution in [-0.4, -0.2) is 31.9 Å². The maximum atomic E-state index is 5.93. The number of aromatic amines is 1. The summed E-state index contributed by atoms with van der Waals surface area (Å²) in [5, 5.41) is 7.55. The molecule has 0 aromatic carbocycles. The lowest BCUT2D eigenvalue weighted by Crippen LogP contribution is -2.44. The van der Waals surface area contributed by atoms with Crippen LogP contribution in [0.4, 0.5) is 0 Å². The summed E-state index contributed by atoms with van der Waals surface area (Å²) in [6, 6.07) is 0. The standard InChI is InChI=1S/C15H22N2OSi/c1-9-14(18-19-4)6-5-11-7-13-12(8-15(9,11)3)10(2)16-17-13/h7,9,14,19H,4-6,8H2,1-3H3,(H,16,17). The summed E-state index contributed by atoms with van der Waals surface area (Å²) < 4.78 is 5.93. The fraction of sp³-hybridized carbons (Fsp3) is 0.600. The molecule has 2 aliphatic rings. The highest BCUT2D eigenvalue weighted by atomic mass is 28.2. The molecule has 2 aliphatic carbocycles. The third-order valence-corrected chi connectivity index (χ3v) is 5.77. The number of fused-ring (bicyclic) bond motifs is 2. The molecule has 102 valence electrons. The first-order valence-electron chi connectivity index (χ1n) is 7.07. The number of nitrogens with zero attached hydrogens (tertiary/aromatic N) is 1. The minimum absolute atomic E-state index is 0.113. The second-order valence-electron chi connectivity index (χ2n) is 6.14. The molecule has 1 N–H and O–H groups in total. The summed E-state index contributed by atoms with van der Waals surface area (Å²) in [5.74, 6) is 0.546. The molecular formula is C15H22N2OSi. The zero-order valence-electron chi connectivity index (χ0n) is 12.0. The van der Waals surface area contributed by atoms with E-state index in [2.05, 4.69) is 43.2 Å². The molecule has 19 heavy (non-hydrogen) atoms. The summed E-state index contributed by atoms with van der Waals surface area (Å²) in [6.45, 7) is 6.86. The van der Waals surface area contributed by atoms with Crippen LogP contribution in [0, 0.1) is 18.3 Å². The van der Waals surface area contributed by atoms with Crippen molar-refractivity contribution in [1.29, 1.82) is 0 Å². The smallest absolute Gasteiger partial charge is 0.208 e. The number of hydrogen-bond acceptors (Lipinski definition) is 2. The van der Waals surface area contributed by atoms with Crippen LogP contribution in [0.15, 0.2) is 5.57 Å². The Hall–Kier alpha value is -1.16. The highest BCUT2D eigenvalue weighted by Gasteiger charge is 2.45. The Bertz CT molecular complexity index is 548. The van der Waals surface area contributed by atoms with E-state index < -0.39 is 0 Å². The molecule has 0 spiro atoms. The van der Waals surface area contributed by atoms with Crippen molar-refractivity contribution >= 4 is 21.6 Å². The van der Waals surface area contributed by atoms with Gasteiger partial charge in [-0.1, -0.05) is 25.6 Å². The van der Waals surface area contributed by atoms with Crippen LogP contribution in [0.2, 0.25) is 0 Å². The van der Waals surface area contributed by atoms with Gasteiger partial charge in [0.2, 0.25) is 9.38 Å². The monoisotopic (exact) mass is 274 g/mol. The van der Waals surface area contributed by atoms with Crippen LogP contribution in [0.3, 0.4) is 0 Å². The van der Waals surface area contributed by atoms with E-state index in [1.807, 2.05) is 0 Å². The SMILES string of the molecule is C=[SiH]OC1CCC2=Cc3n[nH]c(C)c3CC2(C)C1C. The molecule has 0 saturated heterocycles. The van der Waals surface area contributed by atoms with Crippen LogP contribution in [0.5, 0.6) is 0 Å². The third-order valence-electron chi connectivity index (χ3n) is 5.23. The number of H-pyrrole nitrogens is 1. The van der Waals surface area contributed by atoms with Gasteiger partial charge in [0.25, 0.3) is 0 Å². The Labute approximate surface area is 117 Å². The Morgan fingerprint density at radius 1 is 1.58 bits per heavy atom. The third kappa shape index (κ3) is 1.84. The zero-order chi connectivity index (χ0) is 13.6. The van der Waals surface area contributed by atoms with Crippen molar-refractivity contribution in [3.05, 3.63) is 22.5 Å². The van der Waals surface area contributed by atoms with E-state index in [1.54, 1.807) is 5.57 Å². The van der Waals surface area contributed by atoms with Crippen molar-refractivity contribution in [3.8, 4) is 0 Å². The molecule has 1 saturated carbocycles. The number of aryl methyl sites for hydroxylation is 1. The zero-order valence-corrected chi connectivity index (χ0v) is 13.1. The lowest BCUT2D eigenvalue weighted by molar-refractivity contribution is 0.0480. The number of rotatable bonds is 2. The molecule has 3 rings (SSSR count). The van der Waals surface area contributed by atoms with Gasteiger partial charge in [-0.05, 0) is 37.7 Å². The van der Waals surface area contributed by atoms with E-state index in [-0.39, 0.29) is 14.8 Å². The van der Waals surface area contributed by atoms with Gasteiger partial charge < -0.3 is 4.43 Å². The molecule has 3 atom stereocenters. The largest absolute Gasteiger partial charge is 0.551 e. The van der Waals surface area contributed by atoms with Gasteiger partial charge in [-0.3, -0.25) is 5.10 Å². The molecule has 4 heteroatoms. The minimum atomic E-state index is -0.113. The normalized spacial score (nSPS) is 33.1. The van der Waals surface area contributed by atoms with Crippen LogP contribution >= 0.6 is 0 Å². The van der Waals surface area contributed by atoms with E-state index in [1.165, 1.54) is 11.3 Å². The molecule has 0 bridgehead atoms. The highest BCUT2D eigenvalue weighted by Crippen LogP contribution is 2.51. The maximum absolute atomic E-state index is 5.93. The average molecular weight is 274 g/mol. The van der Waals surface area contributed by atoms with Gasteiger partial charge in [0.05, 0.1) is 11.8 Å². The van der Waals surface area contributed by atoms with Crippen molar-refractivity contribution < 1.29 is 4.43 Å². The number of hydrogen-bond donors (Lipinski definition) is 1. The quantitative estimate of drug-likeness (QED) is 0.840. The second kappa shape index (κ2) is 4.44. The molecule has 0 radical (unpaired) electrons. The molecule has 0 aliphatic heterocycles. The first kappa shape index (κ1) is 12.8. The van der Waals surface area contributed by atoms with Crippen LogP contribution in [0.25, 0.3) is 6.08 Å². The van der Waals surface area contributed by atoms with Crippen LogP contribution < -0.4 is 0 Å². The summed E-state index contributed by atoms with van der Waals surface area (Å²) in [5.41, 5.74) is 5.53. The Balaban J connectivity index is 2.00. The van der Waals surface area contributed by atoms with Crippen molar-refractivity contribution in [2.24, 2.45) is 11.3 Å². The summed E-state index contributed by atoms with van der Waals surface area (Å²) in [7, 11) is -0.113. The summed E-state index contributed by atoms with van der Waals surface area (Å²) >= 11 is 0. The van der Waals surface area contributed by atoms with E-state index in [9.17, 15) is 0 Å². The van der Waals surface area contributed by atoms with Gasteiger partial charge in [0.15, 0.2) is 0 Å². The van der Waals surface area contributed by atoms with E-state index in [0.29, 0.717) is 12.0 Å². The lowest BCUT2D eigenvalue weighted by atomic mass is 9.59. The molecular weight excluding hydrogens is 252 g/mol. The van der Waals surface area contributed by atoms with E-state index in [4.69, 9.17) is 4.43 Å². The average Bonchev–Trinajstić information content (AvgIpc) is 2.73. The van der Waals surface area contributed by atoms with Crippen molar-refractivity contribution in [1.82, 2.24) is 10.2 Å². The summed E-state index contributed by atoms with van der Waals surface area (Å²) in [6.07, 6.45) is 9.96. The summed E-state index contributed by atoms with van der Waals surface area (Å²) in [4.78, 5) is 0. The number of nitrogens with one attached hydrogen (secondary N) is 1. The first-order valence-corrected chi connectivity index (χ1v) is 8.36. The fourth-order valence-corrected chi connectivity index (χ4v) is 4.32. The van der Waals surface area contributed by atoms with Gasteiger partial charge in [0.1, 0.15) is 0 Å². The van der Waals surface area contributed by atoms with Crippen LogP contribution in [0.1, 0.15) is 43.6 Å². The van der Waals surface area contributed by atoms with Gasteiger partial charge >= 0.3 is 0 Å². The van der Waals surface area contributed by atoms with Gasteiger partial charge in [-0.25, -0.2) is 0 Å². The maximum Gasteiger partial charge on any atom is 0.208 e. The Morgan fingerprint density at radius 3 is 3.11 bits per heavy atom. The second-order valence-corrected chi connectivity index (χ2v) is 6.75. The molecule has 1 aromatic heterocycles. The minimum Gasteiger partial charge on any atom is -0.551 e. The lowest BCUT2D eigenvalue weighted by Gasteiger charge is -2.48. The predicted octanol–water partition coefficient (Wildman–Crippen LogP) is 2.26. The first-order chi connectivity index (χ1) is 9.06. The van der Waals surface area contributed by atoms with Crippen molar-refractivity contribution in [2.45, 2.75) is 46.1 Å². The number of aromatic nitrogens is 2. The van der Waals surface area contributed by atoms with Crippen LogP contribution in [-0.2, 0) is 10.8 Å². The van der Waals surface area contributed by atoms with Gasteiger partial charge in [-0.15, -0.1) is 0 Å². The van der Waals surface area contributed by atoms with E-state index >= 15 is 0 Å². The molecule has 0 amide bonds. The topological polar surface area (TPSA) is 37.9 Å².